The average Bonchev–Trinajstić information content (AvgIpc) is 4.00. The Labute approximate surface area is 362 Å². The summed E-state index contributed by atoms with van der Waals surface area (Å²) in [6.45, 7) is 0. The molecule has 0 bridgehead atoms. The van der Waals surface area contributed by atoms with Crippen molar-refractivity contribution in [3.8, 4) is 50.4 Å². The lowest BCUT2D eigenvalue weighted by Crippen LogP contribution is -2.14. The van der Waals surface area contributed by atoms with E-state index in [9.17, 15) is 0 Å². The van der Waals surface area contributed by atoms with E-state index in [4.69, 9.17) is 0 Å². The SMILES string of the molecule is c1ccc2c(c1)c1ccccc1n2-c1c(-c2ccncc2)c(-c2ccncc2)c(-c2ccncc2)c(-n2c3ccccc3c3ccccc32)c1-n1c2ccccc2c2ccccc21. The van der Waals surface area contributed by atoms with Crippen molar-refractivity contribution in [2.75, 3.05) is 0 Å². The van der Waals surface area contributed by atoms with Crippen LogP contribution in [-0.2, 0) is 0 Å². The van der Waals surface area contributed by atoms with Gasteiger partial charge in [-0.1, -0.05) is 109 Å². The van der Waals surface area contributed by atoms with Crippen LogP contribution in [0.1, 0.15) is 0 Å². The van der Waals surface area contributed by atoms with Crippen LogP contribution in [0.3, 0.4) is 0 Å². The van der Waals surface area contributed by atoms with Crippen molar-refractivity contribution < 1.29 is 0 Å². The van der Waals surface area contributed by atoms with Gasteiger partial charge in [-0.3, -0.25) is 15.0 Å². The molecule has 0 fully saturated rings. The Kier molecular flexibility index (Phi) is 7.80. The predicted molar refractivity (Wildman–Crippen MR) is 259 cm³/mol. The van der Waals surface area contributed by atoms with Gasteiger partial charge in [0.25, 0.3) is 0 Å². The number of aromatic nitrogens is 6. The van der Waals surface area contributed by atoms with E-state index >= 15 is 0 Å². The molecule has 0 aliphatic heterocycles. The normalized spacial score (nSPS) is 11.8. The van der Waals surface area contributed by atoms with Gasteiger partial charge in [0.05, 0.1) is 50.2 Å². The molecule has 7 aromatic carbocycles. The molecule has 294 valence electrons. The number of nitrogens with zero attached hydrogens (tertiary/aromatic N) is 6. The molecular formula is C57H36N6. The minimum atomic E-state index is 1.04. The van der Waals surface area contributed by atoms with Crippen LogP contribution >= 0.6 is 0 Å². The van der Waals surface area contributed by atoms with Crippen molar-refractivity contribution in [1.29, 1.82) is 0 Å². The first-order valence-electron chi connectivity index (χ1n) is 21.3. The first-order valence-corrected chi connectivity index (χ1v) is 21.3. The lowest BCUT2D eigenvalue weighted by molar-refractivity contribution is 1.05. The Balaban J connectivity index is 1.43. The Morgan fingerprint density at radius 1 is 0.222 bits per heavy atom. The van der Waals surface area contributed by atoms with Crippen molar-refractivity contribution in [3.63, 3.8) is 0 Å². The van der Waals surface area contributed by atoms with Gasteiger partial charge in [-0.15, -0.1) is 0 Å². The second-order valence-electron chi connectivity index (χ2n) is 16.0. The number of rotatable bonds is 6. The first kappa shape index (κ1) is 35.2. The van der Waals surface area contributed by atoms with Crippen molar-refractivity contribution in [2.45, 2.75) is 0 Å². The maximum absolute atomic E-state index is 4.59. The van der Waals surface area contributed by atoms with Gasteiger partial charge in [0.15, 0.2) is 0 Å². The van der Waals surface area contributed by atoms with Gasteiger partial charge in [0, 0.05) is 86.2 Å². The number of hydrogen-bond acceptors (Lipinski definition) is 3. The zero-order valence-corrected chi connectivity index (χ0v) is 34.0. The molecule has 6 nitrogen and oxygen atoms in total. The molecule has 0 saturated heterocycles. The van der Waals surface area contributed by atoms with E-state index < -0.39 is 0 Å². The van der Waals surface area contributed by atoms with Crippen LogP contribution in [0, 0.1) is 0 Å². The average molecular weight is 805 g/mol. The minimum absolute atomic E-state index is 1.04. The quantitative estimate of drug-likeness (QED) is 0.168. The third-order valence-electron chi connectivity index (χ3n) is 12.7. The summed E-state index contributed by atoms with van der Waals surface area (Å²) in [5.41, 5.74) is 16.2. The van der Waals surface area contributed by atoms with Crippen LogP contribution in [0.4, 0.5) is 0 Å². The lowest BCUT2D eigenvalue weighted by Gasteiger charge is -2.30. The van der Waals surface area contributed by atoms with Crippen LogP contribution in [0.5, 0.6) is 0 Å². The monoisotopic (exact) mass is 804 g/mol. The molecule has 6 heterocycles. The summed E-state index contributed by atoms with van der Waals surface area (Å²) in [6.07, 6.45) is 11.5. The summed E-state index contributed by atoms with van der Waals surface area (Å²) in [6, 6.07) is 65.9. The number of pyridine rings is 3. The molecule has 13 rings (SSSR count). The van der Waals surface area contributed by atoms with E-state index in [2.05, 4.69) is 211 Å². The third-order valence-corrected chi connectivity index (χ3v) is 12.7. The highest BCUT2D eigenvalue weighted by Crippen LogP contribution is 2.54. The zero-order valence-electron chi connectivity index (χ0n) is 34.0. The van der Waals surface area contributed by atoms with Gasteiger partial charge >= 0.3 is 0 Å². The van der Waals surface area contributed by atoms with E-state index in [1.54, 1.807) is 0 Å². The molecule has 6 heteroatoms. The fraction of sp³-hybridized carbons (Fsp3) is 0. The standard InChI is InChI=1S/C57H36N6/c1-7-19-46-40(13-1)41-14-2-8-20-47(41)61(46)55-53(38-27-33-59-34-28-38)52(37-25-31-58-32-26-37)54(39-29-35-60-36-30-39)56(62-48-21-9-3-15-42(48)43-16-4-10-22-49(43)62)57(55)63-50-23-11-5-17-44(50)45-18-6-12-24-51(45)63/h1-36H. The molecule has 0 radical (unpaired) electrons. The molecule has 0 atom stereocenters. The summed E-state index contributed by atoms with van der Waals surface area (Å²) >= 11 is 0. The Hall–Kier alpha value is -8.61. The largest absolute Gasteiger partial charge is 0.306 e. The molecular weight excluding hydrogens is 769 g/mol. The number of fused-ring (bicyclic) bond motifs is 9. The molecule has 0 aliphatic carbocycles. The van der Waals surface area contributed by atoms with E-state index in [0.717, 1.165) is 83.5 Å². The van der Waals surface area contributed by atoms with Gasteiger partial charge < -0.3 is 13.7 Å². The fourth-order valence-corrected chi connectivity index (χ4v) is 10.3. The summed E-state index contributed by atoms with van der Waals surface area (Å²) in [5.74, 6) is 0. The molecule has 6 aromatic heterocycles. The van der Waals surface area contributed by atoms with Crippen LogP contribution < -0.4 is 0 Å². The molecule has 13 aromatic rings. The van der Waals surface area contributed by atoms with Crippen LogP contribution in [-0.4, -0.2) is 28.7 Å². The number of benzene rings is 7. The van der Waals surface area contributed by atoms with E-state index in [1.165, 1.54) is 32.3 Å². The lowest BCUT2D eigenvalue weighted by atomic mass is 9.84. The fourth-order valence-electron chi connectivity index (χ4n) is 10.3. The smallest absolute Gasteiger partial charge is 0.0960 e. The van der Waals surface area contributed by atoms with Crippen molar-refractivity contribution in [3.05, 3.63) is 219 Å². The molecule has 63 heavy (non-hydrogen) atoms. The van der Waals surface area contributed by atoms with Gasteiger partial charge in [0.1, 0.15) is 0 Å². The highest BCUT2D eigenvalue weighted by molar-refractivity contribution is 6.17. The van der Waals surface area contributed by atoms with E-state index in [1.807, 2.05) is 37.2 Å². The summed E-state index contributed by atoms with van der Waals surface area (Å²) in [5, 5.41) is 7.10. The van der Waals surface area contributed by atoms with Crippen LogP contribution in [0.2, 0.25) is 0 Å². The van der Waals surface area contributed by atoms with Gasteiger partial charge in [-0.2, -0.15) is 0 Å². The van der Waals surface area contributed by atoms with Gasteiger partial charge in [0.2, 0.25) is 0 Å². The topological polar surface area (TPSA) is 53.5 Å². The molecule has 0 amide bonds. The summed E-state index contributed by atoms with van der Waals surface area (Å²) in [7, 11) is 0. The molecule has 0 aliphatic rings. The van der Waals surface area contributed by atoms with Crippen LogP contribution in [0.25, 0.3) is 116 Å². The van der Waals surface area contributed by atoms with Gasteiger partial charge in [-0.25, -0.2) is 0 Å². The van der Waals surface area contributed by atoms with Crippen molar-refractivity contribution in [1.82, 2.24) is 28.7 Å². The number of hydrogen-bond donors (Lipinski definition) is 0. The maximum Gasteiger partial charge on any atom is 0.0960 e. The second kappa shape index (κ2) is 14.0. The maximum atomic E-state index is 4.59. The second-order valence-corrected chi connectivity index (χ2v) is 16.0. The zero-order chi connectivity index (χ0) is 41.4. The first-order chi connectivity index (χ1) is 31.3. The minimum Gasteiger partial charge on any atom is -0.306 e. The van der Waals surface area contributed by atoms with E-state index in [-0.39, 0.29) is 0 Å². The highest BCUT2D eigenvalue weighted by atomic mass is 15.1. The predicted octanol–water partition coefficient (Wildman–Crippen LogP) is 14.2. The number of para-hydroxylation sites is 6. The third kappa shape index (κ3) is 5.15. The molecule has 0 spiro atoms. The Morgan fingerprint density at radius 3 is 0.714 bits per heavy atom. The van der Waals surface area contributed by atoms with Crippen molar-refractivity contribution in [2.24, 2.45) is 0 Å². The van der Waals surface area contributed by atoms with E-state index in [0.29, 0.717) is 0 Å². The van der Waals surface area contributed by atoms with Crippen LogP contribution in [0.15, 0.2) is 219 Å². The Morgan fingerprint density at radius 2 is 0.444 bits per heavy atom. The molecule has 0 unspecified atom stereocenters. The highest BCUT2D eigenvalue weighted by Gasteiger charge is 2.34. The molecule has 0 saturated carbocycles. The summed E-state index contributed by atoms with van der Waals surface area (Å²) < 4.78 is 7.59. The molecule has 0 N–H and O–H groups in total. The van der Waals surface area contributed by atoms with Gasteiger partial charge in [-0.05, 0) is 89.5 Å². The van der Waals surface area contributed by atoms with Crippen molar-refractivity contribution >= 4 is 65.4 Å². The summed E-state index contributed by atoms with van der Waals surface area (Å²) in [4.78, 5) is 13.8. The Bertz CT molecular complexity index is 3560.